The number of thiazole rings is 1. The van der Waals surface area contributed by atoms with Crippen LogP contribution in [-0.4, -0.2) is 20.4 Å². The van der Waals surface area contributed by atoms with Crippen molar-refractivity contribution in [1.29, 1.82) is 0 Å². The second-order valence-corrected chi connectivity index (χ2v) is 7.51. The molecule has 0 aliphatic heterocycles. The molecule has 0 bridgehead atoms. The standard InChI is InChI=1S/C13H18N4O2S2/c1-8-12(4-10(14)5-13(8)21(15,18)19)17(3)6-11-7-20-9(2)16-11/h4-5,7H,6,14H2,1-3H3,(H2,15,18,19). The molecular formula is C13H18N4O2S2. The van der Waals surface area contributed by atoms with Gasteiger partial charge >= 0.3 is 0 Å². The molecule has 2 aromatic rings. The lowest BCUT2D eigenvalue weighted by atomic mass is 10.1. The smallest absolute Gasteiger partial charge is 0.238 e. The Morgan fingerprint density at radius 2 is 2.00 bits per heavy atom. The van der Waals surface area contributed by atoms with Crippen molar-refractivity contribution in [2.24, 2.45) is 5.14 Å². The van der Waals surface area contributed by atoms with Gasteiger partial charge in [-0.05, 0) is 31.5 Å². The van der Waals surface area contributed by atoms with Gasteiger partial charge in [0.2, 0.25) is 10.0 Å². The van der Waals surface area contributed by atoms with Crippen LogP contribution in [0.5, 0.6) is 0 Å². The van der Waals surface area contributed by atoms with E-state index in [1.807, 2.05) is 24.3 Å². The van der Waals surface area contributed by atoms with E-state index < -0.39 is 10.0 Å². The van der Waals surface area contributed by atoms with Gasteiger partial charge in [0.05, 0.1) is 22.1 Å². The number of primary sulfonamides is 1. The monoisotopic (exact) mass is 326 g/mol. The predicted octanol–water partition coefficient (Wildman–Crippen LogP) is 1.63. The van der Waals surface area contributed by atoms with Crippen LogP contribution in [0.3, 0.4) is 0 Å². The van der Waals surface area contributed by atoms with E-state index in [4.69, 9.17) is 10.9 Å². The average Bonchev–Trinajstić information content (AvgIpc) is 2.75. The van der Waals surface area contributed by atoms with Crippen LogP contribution in [0.4, 0.5) is 11.4 Å². The number of aryl methyl sites for hydroxylation is 1. The summed E-state index contributed by atoms with van der Waals surface area (Å²) >= 11 is 1.58. The Morgan fingerprint density at radius 3 is 2.52 bits per heavy atom. The van der Waals surface area contributed by atoms with E-state index in [1.165, 1.54) is 6.07 Å². The van der Waals surface area contributed by atoms with Crippen LogP contribution in [0.25, 0.3) is 0 Å². The zero-order chi connectivity index (χ0) is 15.8. The summed E-state index contributed by atoms with van der Waals surface area (Å²) in [6.45, 7) is 4.23. The molecule has 0 spiro atoms. The minimum absolute atomic E-state index is 0.0545. The third-order valence-electron chi connectivity index (χ3n) is 3.14. The number of rotatable bonds is 4. The van der Waals surface area contributed by atoms with E-state index in [0.717, 1.165) is 16.4 Å². The molecule has 0 amide bonds. The van der Waals surface area contributed by atoms with Gasteiger partial charge in [-0.1, -0.05) is 0 Å². The fourth-order valence-electron chi connectivity index (χ4n) is 2.19. The van der Waals surface area contributed by atoms with Crippen LogP contribution >= 0.6 is 11.3 Å². The largest absolute Gasteiger partial charge is 0.399 e. The minimum Gasteiger partial charge on any atom is -0.399 e. The number of nitrogens with zero attached hydrogens (tertiary/aromatic N) is 2. The van der Waals surface area contributed by atoms with Gasteiger partial charge in [0, 0.05) is 23.8 Å². The SMILES string of the molecule is Cc1nc(CN(C)c2cc(N)cc(S(N)(=O)=O)c2C)cs1. The molecule has 4 N–H and O–H groups in total. The highest BCUT2D eigenvalue weighted by molar-refractivity contribution is 7.89. The van der Waals surface area contributed by atoms with E-state index in [-0.39, 0.29) is 4.90 Å². The van der Waals surface area contributed by atoms with Gasteiger partial charge in [-0.15, -0.1) is 11.3 Å². The van der Waals surface area contributed by atoms with Gasteiger partial charge in [0.15, 0.2) is 0 Å². The molecule has 6 nitrogen and oxygen atoms in total. The Morgan fingerprint density at radius 1 is 1.33 bits per heavy atom. The molecule has 2 rings (SSSR count). The summed E-state index contributed by atoms with van der Waals surface area (Å²) in [6, 6.07) is 3.12. The molecule has 0 radical (unpaired) electrons. The molecular weight excluding hydrogens is 308 g/mol. The first kappa shape index (κ1) is 15.7. The second-order valence-electron chi connectivity index (χ2n) is 4.92. The molecule has 8 heteroatoms. The van der Waals surface area contributed by atoms with E-state index in [1.54, 1.807) is 24.3 Å². The number of hydrogen-bond donors (Lipinski definition) is 2. The zero-order valence-corrected chi connectivity index (χ0v) is 13.8. The third-order valence-corrected chi connectivity index (χ3v) is 5.00. The van der Waals surface area contributed by atoms with Crippen LogP contribution in [0.15, 0.2) is 22.4 Å². The van der Waals surface area contributed by atoms with Gasteiger partial charge in [-0.2, -0.15) is 0 Å². The van der Waals surface area contributed by atoms with Crippen LogP contribution in [0.2, 0.25) is 0 Å². The van der Waals surface area contributed by atoms with Crippen molar-refractivity contribution in [3.63, 3.8) is 0 Å². The van der Waals surface area contributed by atoms with E-state index in [0.29, 0.717) is 17.8 Å². The van der Waals surface area contributed by atoms with Crippen molar-refractivity contribution in [3.8, 4) is 0 Å². The van der Waals surface area contributed by atoms with Crippen molar-refractivity contribution in [1.82, 2.24) is 4.98 Å². The summed E-state index contributed by atoms with van der Waals surface area (Å²) in [4.78, 5) is 6.37. The Bertz CT molecular complexity index is 768. The van der Waals surface area contributed by atoms with Crippen LogP contribution in [-0.2, 0) is 16.6 Å². The van der Waals surface area contributed by atoms with Crippen LogP contribution in [0, 0.1) is 13.8 Å². The molecule has 0 saturated heterocycles. The summed E-state index contributed by atoms with van der Waals surface area (Å²) in [5.41, 5.74) is 8.40. The molecule has 1 aromatic heterocycles. The average molecular weight is 326 g/mol. The normalized spacial score (nSPS) is 11.6. The molecule has 1 aromatic carbocycles. The first-order chi connectivity index (χ1) is 9.68. The van der Waals surface area contributed by atoms with E-state index >= 15 is 0 Å². The molecule has 0 aliphatic rings. The lowest BCUT2D eigenvalue weighted by Gasteiger charge is -2.22. The minimum atomic E-state index is -3.80. The molecule has 0 aliphatic carbocycles. The molecule has 1 heterocycles. The summed E-state index contributed by atoms with van der Waals surface area (Å²) < 4.78 is 23.3. The van der Waals surface area contributed by atoms with E-state index in [9.17, 15) is 8.42 Å². The lowest BCUT2D eigenvalue weighted by Crippen LogP contribution is -2.21. The Labute approximate surface area is 128 Å². The van der Waals surface area contributed by atoms with Gasteiger partial charge in [-0.25, -0.2) is 18.5 Å². The number of sulfonamides is 1. The predicted molar refractivity (Wildman–Crippen MR) is 85.9 cm³/mol. The van der Waals surface area contributed by atoms with Crippen molar-refractivity contribution in [3.05, 3.63) is 33.8 Å². The number of hydrogen-bond acceptors (Lipinski definition) is 6. The maximum absolute atomic E-state index is 11.6. The van der Waals surface area contributed by atoms with Crippen molar-refractivity contribution in [2.75, 3.05) is 17.7 Å². The number of benzene rings is 1. The van der Waals surface area contributed by atoms with Crippen molar-refractivity contribution < 1.29 is 8.42 Å². The van der Waals surface area contributed by atoms with Gasteiger partial charge < -0.3 is 10.6 Å². The summed E-state index contributed by atoms with van der Waals surface area (Å²) in [6.07, 6.45) is 0. The van der Waals surface area contributed by atoms with Crippen LogP contribution in [0.1, 0.15) is 16.3 Å². The van der Waals surface area contributed by atoms with Crippen molar-refractivity contribution in [2.45, 2.75) is 25.3 Å². The quantitative estimate of drug-likeness (QED) is 0.831. The first-order valence-electron chi connectivity index (χ1n) is 6.23. The molecule has 0 unspecified atom stereocenters. The van der Waals surface area contributed by atoms with Gasteiger partial charge in [0.25, 0.3) is 0 Å². The zero-order valence-electron chi connectivity index (χ0n) is 12.1. The Balaban J connectivity index is 2.41. The fraction of sp³-hybridized carbons (Fsp3) is 0.308. The van der Waals surface area contributed by atoms with Gasteiger partial charge in [-0.3, -0.25) is 0 Å². The number of nitrogen functional groups attached to an aromatic ring is 1. The second kappa shape index (κ2) is 5.63. The number of aromatic nitrogens is 1. The summed E-state index contributed by atoms with van der Waals surface area (Å²) in [7, 11) is -1.94. The first-order valence-corrected chi connectivity index (χ1v) is 8.66. The summed E-state index contributed by atoms with van der Waals surface area (Å²) in [5.74, 6) is 0. The number of nitrogens with two attached hydrogens (primary N) is 2. The maximum atomic E-state index is 11.6. The molecule has 0 saturated carbocycles. The molecule has 114 valence electrons. The molecule has 0 atom stereocenters. The third kappa shape index (κ3) is 3.52. The maximum Gasteiger partial charge on any atom is 0.238 e. The Hall–Kier alpha value is -1.64. The highest BCUT2D eigenvalue weighted by Crippen LogP contribution is 2.29. The fourth-order valence-corrected chi connectivity index (χ4v) is 3.63. The molecule has 21 heavy (non-hydrogen) atoms. The highest BCUT2D eigenvalue weighted by atomic mass is 32.2. The topological polar surface area (TPSA) is 102 Å². The molecule has 0 fully saturated rings. The lowest BCUT2D eigenvalue weighted by molar-refractivity contribution is 0.597. The Kier molecular flexibility index (Phi) is 4.22. The van der Waals surface area contributed by atoms with E-state index in [2.05, 4.69) is 4.98 Å². The highest BCUT2D eigenvalue weighted by Gasteiger charge is 2.18. The van der Waals surface area contributed by atoms with Gasteiger partial charge in [0.1, 0.15) is 0 Å². The summed E-state index contributed by atoms with van der Waals surface area (Å²) in [5, 5.41) is 8.21. The van der Waals surface area contributed by atoms with Crippen LogP contribution < -0.4 is 15.8 Å². The number of anilines is 2. The van der Waals surface area contributed by atoms with Crippen molar-refractivity contribution >= 4 is 32.7 Å².